The van der Waals surface area contributed by atoms with Crippen LogP contribution in [0.4, 0.5) is 4.79 Å². The smallest absolute Gasteiger partial charge is 0.315 e. The fourth-order valence-electron chi connectivity index (χ4n) is 2.69. The lowest BCUT2D eigenvalue weighted by molar-refractivity contribution is 0.234. The molecule has 1 atom stereocenters. The fraction of sp³-hybridized carbons (Fsp3) is 0.375. The van der Waals surface area contributed by atoms with Gasteiger partial charge in [0.2, 0.25) is 0 Å². The van der Waals surface area contributed by atoms with Gasteiger partial charge in [0.05, 0.1) is 12.6 Å². The number of fused-ring (bicyclic) bond motifs is 1. The molecule has 124 valence electrons. The van der Waals surface area contributed by atoms with Crippen LogP contribution in [-0.4, -0.2) is 25.6 Å². The predicted molar refractivity (Wildman–Crippen MR) is 90.7 cm³/mol. The molecule has 0 radical (unpaired) electrons. The van der Waals surface area contributed by atoms with Crippen LogP contribution in [-0.2, 0) is 6.54 Å². The Bertz CT molecular complexity index is 868. The molecule has 8 heteroatoms. The minimum absolute atomic E-state index is 0.00107. The van der Waals surface area contributed by atoms with Crippen LogP contribution in [0.1, 0.15) is 34.6 Å². The van der Waals surface area contributed by atoms with E-state index in [1.807, 2.05) is 41.9 Å². The number of nitrogens with one attached hydrogen (secondary N) is 2. The molecule has 3 aromatic heterocycles. The minimum atomic E-state index is -0.201. The third-order valence-corrected chi connectivity index (χ3v) is 5.07. The summed E-state index contributed by atoms with van der Waals surface area (Å²) in [4.78, 5) is 17.9. The topological polar surface area (TPSA) is 84.2 Å². The molecule has 1 fully saturated rings. The maximum Gasteiger partial charge on any atom is 0.315 e. The van der Waals surface area contributed by atoms with Crippen molar-refractivity contribution in [3.63, 3.8) is 0 Å². The highest BCUT2D eigenvalue weighted by atomic mass is 32.1. The predicted octanol–water partition coefficient (Wildman–Crippen LogP) is 2.44. The fourth-order valence-corrected chi connectivity index (χ4v) is 3.61. The van der Waals surface area contributed by atoms with E-state index in [0.29, 0.717) is 18.3 Å². The second-order valence-corrected chi connectivity index (χ2v) is 7.26. The molecule has 0 aromatic carbocycles. The van der Waals surface area contributed by atoms with Gasteiger partial charge in [-0.3, -0.25) is 4.40 Å². The van der Waals surface area contributed by atoms with E-state index in [9.17, 15) is 4.79 Å². The van der Waals surface area contributed by atoms with E-state index in [4.69, 9.17) is 0 Å². The van der Waals surface area contributed by atoms with E-state index >= 15 is 0 Å². The van der Waals surface area contributed by atoms with E-state index in [0.717, 1.165) is 28.4 Å². The van der Waals surface area contributed by atoms with Gasteiger partial charge < -0.3 is 10.6 Å². The molecule has 24 heavy (non-hydrogen) atoms. The summed E-state index contributed by atoms with van der Waals surface area (Å²) in [5, 5.41) is 15.1. The molecule has 0 saturated heterocycles. The second kappa shape index (κ2) is 6.20. The molecule has 2 N–H and O–H groups in total. The average Bonchev–Trinajstić information content (AvgIpc) is 3.21. The molecule has 3 heterocycles. The lowest BCUT2D eigenvalue weighted by atomic mass is 10.2. The third kappa shape index (κ3) is 3.09. The van der Waals surface area contributed by atoms with Crippen LogP contribution >= 0.6 is 11.3 Å². The van der Waals surface area contributed by atoms with Crippen molar-refractivity contribution in [3.05, 3.63) is 46.3 Å². The Morgan fingerprint density at radius 1 is 1.42 bits per heavy atom. The first-order chi connectivity index (χ1) is 11.7. The zero-order valence-electron chi connectivity index (χ0n) is 13.3. The number of aryl methyl sites for hydroxylation is 1. The van der Waals surface area contributed by atoms with Crippen LogP contribution in [0.3, 0.4) is 0 Å². The number of hydrogen-bond acceptors (Lipinski definition) is 5. The van der Waals surface area contributed by atoms with Crippen molar-refractivity contribution >= 4 is 23.0 Å². The Labute approximate surface area is 143 Å². The maximum atomic E-state index is 12.3. The van der Waals surface area contributed by atoms with Crippen molar-refractivity contribution in [2.75, 3.05) is 0 Å². The molecular formula is C16H18N6OS. The first kappa shape index (κ1) is 15.1. The molecule has 1 aliphatic rings. The van der Waals surface area contributed by atoms with Gasteiger partial charge in [0.1, 0.15) is 5.01 Å². The molecule has 1 saturated carbocycles. The van der Waals surface area contributed by atoms with Gasteiger partial charge in [-0.15, -0.1) is 21.5 Å². The Morgan fingerprint density at radius 3 is 3.04 bits per heavy atom. The lowest BCUT2D eigenvalue weighted by Crippen LogP contribution is -2.38. The molecule has 1 aliphatic carbocycles. The van der Waals surface area contributed by atoms with Crippen molar-refractivity contribution < 1.29 is 4.79 Å². The van der Waals surface area contributed by atoms with Crippen LogP contribution < -0.4 is 10.6 Å². The zero-order chi connectivity index (χ0) is 16.5. The van der Waals surface area contributed by atoms with Crippen molar-refractivity contribution in [1.29, 1.82) is 0 Å². The van der Waals surface area contributed by atoms with E-state index in [2.05, 4.69) is 25.8 Å². The molecule has 0 bridgehead atoms. The average molecular weight is 342 g/mol. The van der Waals surface area contributed by atoms with Crippen molar-refractivity contribution in [1.82, 2.24) is 30.2 Å². The number of rotatable bonds is 5. The zero-order valence-corrected chi connectivity index (χ0v) is 14.1. The third-order valence-electron chi connectivity index (χ3n) is 4.08. The summed E-state index contributed by atoms with van der Waals surface area (Å²) < 4.78 is 1.86. The van der Waals surface area contributed by atoms with Crippen LogP contribution in [0, 0.1) is 12.8 Å². The van der Waals surface area contributed by atoms with Gasteiger partial charge in [-0.2, -0.15) is 0 Å². The van der Waals surface area contributed by atoms with Crippen molar-refractivity contribution in [2.24, 2.45) is 5.92 Å². The summed E-state index contributed by atoms with van der Waals surface area (Å²) in [5.74, 6) is 1.20. The van der Waals surface area contributed by atoms with Crippen LogP contribution in [0.2, 0.25) is 0 Å². The summed E-state index contributed by atoms with van der Waals surface area (Å²) in [6.07, 6.45) is 6.02. The van der Waals surface area contributed by atoms with Gasteiger partial charge in [0, 0.05) is 17.3 Å². The molecule has 3 aromatic rings. The van der Waals surface area contributed by atoms with E-state index in [1.165, 1.54) is 0 Å². The monoisotopic (exact) mass is 342 g/mol. The normalized spacial score (nSPS) is 15.4. The van der Waals surface area contributed by atoms with Gasteiger partial charge in [-0.1, -0.05) is 6.07 Å². The number of urea groups is 1. The Morgan fingerprint density at radius 2 is 2.29 bits per heavy atom. The largest absolute Gasteiger partial charge is 0.331 e. The summed E-state index contributed by atoms with van der Waals surface area (Å²) in [6.45, 7) is 2.35. The number of carbonyl (C=O) groups excluding carboxylic acids is 1. The number of carbonyl (C=O) groups is 1. The van der Waals surface area contributed by atoms with Gasteiger partial charge in [-0.05, 0) is 37.8 Å². The Hall–Kier alpha value is -2.48. The summed E-state index contributed by atoms with van der Waals surface area (Å²) in [5.41, 5.74) is 0.767. The molecule has 4 rings (SSSR count). The highest BCUT2D eigenvalue weighted by Gasteiger charge is 2.35. The molecule has 0 spiro atoms. The summed E-state index contributed by atoms with van der Waals surface area (Å²) in [7, 11) is 0. The van der Waals surface area contributed by atoms with Gasteiger partial charge in [-0.25, -0.2) is 9.78 Å². The van der Waals surface area contributed by atoms with E-state index in [1.54, 1.807) is 11.3 Å². The number of nitrogens with zero attached hydrogens (tertiary/aromatic N) is 4. The Balaban J connectivity index is 1.40. The molecule has 2 amide bonds. The summed E-state index contributed by atoms with van der Waals surface area (Å²) in [6, 6.07) is 5.49. The van der Waals surface area contributed by atoms with Gasteiger partial charge in [0.15, 0.2) is 11.5 Å². The van der Waals surface area contributed by atoms with Gasteiger partial charge in [0.25, 0.3) is 0 Å². The second-order valence-electron chi connectivity index (χ2n) is 6.00. The first-order valence-corrected chi connectivity index (χ1v) is 8.77. The maximum absolute atomic E-state index is 12.3. The number of amides is 2. The first-order valence-electron chi connectivity index (χ1n) is 7.96. The number of aromatic nitrogens is 4. The van der Waals surface area contributed by atoms with Crippen molar-refractivity contribution in [2.45, 2.75) is 32.4 Å². The number of hydrogen-bond donors (Lipinski definition) is 2. The Kier molecular flexibility index (Phi) is 3.89. The molecule has 7 nitrogen and oxygen atoms in total. The number of thiazole rings is 1. The van der Waals surface area contributed by atoms with Crippen LogP contribution in [0.25, 0.3) is 5.65 Å². The standard InChI is InChI=1S/C16H18N6OS/c1-10-8-17-15(24-10)14(11-5-6-11)19-16(23)18-9-13-21-20-12-4-2-3-7-22(12)13/h2-4,7-8,11,14H,5-6,9H2,1H3,(H2,18,19,23)/t14-/m0/s1. The van der Waals surface area contributed by atoms with E-state index in [-0.39, 0.29) is 12.1 Å². The molecular weight excluding hydrogens is 324 g/mol. The lowest BCUT2D eigenvalue weighted by Gasteiger charge is -2.16. The molecule has 0 aliphatic heterocycles. The number of pyridine rings is 1. The van der Waals surface area contributed by atoms with Gasteiger partial charge >= 0.3 is 6.03 Å². The minimum Gasteiger partial charge on any atom is -0.331 e. The SMILES string of the molecule is Cc1cnc([C@@H](NC(=O)NCc2nnc3ccccn23)C2CC2)s1. The summed E-state index contributed by atoms with van der Waals surface area (Å²) >= 11 is 1.64. The van der Waals surface area contributed by atoms with Crippen LogP contribution in [0.5, 0.6) is 0 Å². The highest BCUT2D eigenvalue weighted by Crippen LogP contribution is 2.41. The molecule has 0 unspecified atom stereocenters. The quantitative estimate of drug-likeness (QED) is 0.746. The van der Waals surface area contributed by atoms with E-state index < -0.39 is 0 Å². The van der Waals surface area contributed by atoms with Crippen LogP contribution in [0.15, 0.2) is 30.6 Å². The highest BCUT2D eigenvalue weighted by molar-refractivity contribution is 7.11. The van der Waals surface area contributed by atoms with Crippen molar-refractivity contribution in [3.8, 4) is 0 Å².